The lowest BCUT2D eigenvalue weighted by atomic mass is 9.81. The lowest BCUT2D eigenvalue weighted by Gasteiger charge is -2.21. The number of carboxylic acids is 1. The van der Waals surface area contributed by atoms with E-state index < -0.39 is 11.4 Å². The Morgan fingerprint density at radius 1 is 1.22 bits per heavy atom. The van der Waals surface area contributed by atoms with Crippen LogP contribution in [0, 0.1) is 11.3 Å². The topological polar surface area (TPSA) is 80.4 Å². The van der Waals surface area contributed by atoms with Crippen molar-refractivity contribution in [2.45, 2.75) is 58.3 Å². The highest BCUT2D eigenvalue weighted by Crippen LogP contribution is 2.54. The molecule has 0 spiro atoms. The van der Waals surface area contributed by atoms with E-state index in [9.17, 15) is 14.7 Å². The van der Waals surface area contributed by atoms with Crippen LogP contribution >= 0.6 is 0 Å². The van der Waals surface area contributed by atoms with Crippen LogP contribution in [0.25, 0.3) is 0 Å². The summed E-state index contributed by atoms with van der Waals surface area (Å²) in [5.41, 5.74) is 4.63. The lowest BCUT2D eigenvalue weighted by Crippen LogP contribution is -2.35. The maximum atomic E-state index is 11.8. The predicted octanol–water partition coefficient (Wildman–Crippen LogP) is 2.36. The molecule has 1 aliphatic rings. The minimum Gasteiger partial charge on any atom is -0.481 e. The number of carbonyl (C=O) groups excluding carboxylic acids is 1. The number of Topliss-reactive ketones (excluding diaryl/α,β-unsaturated/α-hetero) is 1. The third-order valence-corrected chi connectivity index (χ3v) is 4.07. The molecule has 4 nitrogen and oxygen atoms in total. The maximum Gasteiger partial charge on any atom is 0.310 e. The van der Waals surface area contributed by atoms with E-state index in [4.69, 9.17) is 5.73 Å². The normalized spacial score (nSPS) is 18.3. The number of carbonyl (C=O) groups is 2. The van der Waals surface area contributed by atoms with Gasteiger partial charge in [0, 0.05) is 5.92 Å². The van der Waals surface area contributed by atoms with Crippen LogP contribution in [0.1, 0.15) is 58.3 Å². The first-order chi connectivity index (χ1) is 8.58. The molecule has 3 N–H and O–H groups in total. The monoisotopic (exact) mass is 255 g/mol. The quantitative estimate of drug-likeness (QED) is 0.587. The van der Waals surface area contributed by atoms with E-state index in [1.807, 2.05) is 0 Å². The summed E-state index contributed by atoms with van der Waals surface area (Å²) in [4.78, 5) is 23.1. The highest BCUT2D eigenvalue weighted by atomic mass is 16.4. The lowest BCUT2D eigenvalue weighted by molar-refractivity contribution is -0.148. The van der Waals surface area contributed by atoms with Gasteiger partial charge in [0.2, 0.25) is 0 Å². The minimum atomic E-state index is -0.817. The van der Waals surface area contributed by atoms with Crippen molar-refractivity contribution in [2.24, 2.45) is 17.1 Å². The molecule has 0 aromatic carbocycles. The molecule has 18 heavy (non-hydrogen) atoms. The molecule has 1 atom stereocenters. The number of ketones is 1. The molecule has 0 saturated heterocycles. The van der Waals surface area contributed by atoms with Gasteiger partial charge >= 0.3 is 5.97 Å². The predicted molar refractivity (Wildman–Crippen MR) is 70.2 cm³/mol. The molecule has 0 bridgehead atoms. The number of nitrogens with two attached hydrogens (primary N) is 1. The Labute approximate surface area is 109 Å². The highest BCUT2D eigenvalue weighted by Gasteiger charge is 2.57. The Morgan fingerprint density at radius 3 is 2.28 bits per heavy atom. The van der Waals surface area contributed by atoms with Gasteiger partial charge in [0.15, 0.2) is 5.78 Å². The third kappa shape index (κ3) is 3.55. The van der Waals surface area contributed by atoms with Crippen molar-refractivity contribution < 1.29 is 14.7 Å². The second kappa shape index (κ2) is 6.88. The van der Waals surface area contributed by atoms with Gasteiger partial charge in [-0.2, -0.15) is 0 Å². The van der Waals surface area contributed by atoms with E-state index in [0.717, 1.165) is 12.8 Å². The van der Waals surface area contributed by atoms with Crippen molar-refractivity contribution in [3.8, 4) is 0 Å². The molecule has 4 heteroatoms. The zero-order valence-corrected chi connectivity index (χ0v) is 11.3. The molecule has 1 saturated carbocycles. The molecular weight excluding hydrogens is 230 g/mol. The number of rotatable bonds is 10. The maximum absolute atomic E-state index is 11.8. The van der Waals surface area contributed by atoms with Gasteiger partial charge in [0.25, 0.3) is 0 Å². The van der Waals surface area contributed by atoms with Gasteiger partial charge in [0.1, 0.15) is 0 Å². The minimum absolute atomic E-state index is 0.0331. The van der Waals surface area contributed by atoms with Gasteiger partial charge in [-0.05, 0) is 19.3 Å². The van der Waals surface area contributed by atoms with Crippen molar-refractivity contribution in [1.82, 2.24) is 0 Å². The van der Waals surface area contributed by atoms with Crippen LogP contribution in [0.15, 0.2) is 0 Å². The molecule has 104 valence electrons. The molecule has 1 unspecified atom stereocenters. The summed E-state index contributed by atoms with van der Waals surface area (Å²) in [6, 6.07) is 0. The number of carboxylic acid groups (broad SMARTS) is 1. The van der Waals surface area contributed by atoms with Crippen LogP contribution in [0.3, 0.4) is 0 Å². The molecule has 0 aromatic rings. The zero-order chi connectivity index (χ0) is 13.6. The van der Waals surface area contributed by atoms with Crippen molar-refractivity contribution in [2.75, 3.05) is 6.54 Å². The number of hydrogen-bond acceptors (Lipinski definition) is 3. The number of hydrogen-bond donors (Lipinski definition) is 2. The van der Waals surface area contributed by atoms with Crippen molar-refractivity contribution in [1.29, 1.82) is 0 Å². The molecule has 0 aliphatic heterocycles. The summed E-state index contributed by atoms with van der Waals surface area (Å²) in [5, 5.41) is 9.27. The van der Waals surface area contributed by atoms with Crippen molar-refractivity contribution in [3.05, 3.63) is 0 Å². The van der Waals surface area contributed by atoms with Crippen LogP contribution in [0.2, 0.25) is 0 Å². The molecule has 1 fully saturated rings. The summed E-state index contributed by atoms with van der Waals surface area (Å²) < 4.78 is 0. The van der Waals surface area contributed by atoms with Gasteiger partial charge in [0.05, 0.1) is 12.0 Å². The number of aliphatic carboxylic acids is 1. The zero-order valence-electron chi connectivity index (χ0n) is 11.3. The second-order valence-electron chi connectivity index (χ2n) is 5.39. The summed E-state index contributed by atoms with van der Waals surface area (Å²) in [5.74, 6) is -1.25. The standard InChI is InChI=1S/C14H25NO3/c1-2-3-4-5-6-7-11(12(16)10-15)14(8-9-14)13(17)18/h11H,2-10,15H2,1H3,(H,17,18). The average molecular weight is 255 g/mol. The van der Waals surface area contributed by atoms with E-state index in [2.05, 4.69) is 6.92 Å². The third-order valence-electron chi connectivity index (χ3n) is 4.07. The van der Waals surface area contributed by atoms with Crippen LogP contribution < -0.4 is 5.73 Å². The first kappa shape index (κ1) is 15.2. The largest absolute Gasteiger partial charge is 0.481 e. The van der Waals surface area contributed by atoms with Crippen molar-refractivity contribution in [3.63, 3.8) is 0 Å². The smallest absolute Gasteiger partial charge is 0.310 e. The van der Waals surface area contributed by atoms with Crippen LogP contribution in [0.4, 0.5) is 0 Å². The van der Waals surface area contributed by atoms with E-state index in [-0.39, 0.29) is 18.2 Å². The number of unbranched alkanes of at least 4 members (excludes halogenated alkanes) is 4. The fourth-order valence-electron chi connectivity index (χ4n) is 2.69. The van der Waals surface area contributed by atoms with Gasteiger partial charge in [-0.3, -0.25) is 9.59 Å². The average Bonchev–Trinajstić information content (AvgIpc) is 3.14. The second-order valence-corrected chi connectivity index (χ2v) is 5.39. The Balaban J connectivity index is 2.48. The first-order valence-electron chi connectivity index (χ1n) is 7.04. The fourth-order valence-corrected chi connectivity index (χ4v) is 2.69. The van der Waals surface area contributed by atoms with Crippen LogP contribution in [0.5, 0.6) is 0 Å². The van der Waals surface area contributed by atoms with Crippen LogP contribution in [-0.2, 0) is 9.59 Å². The molecule has 0 heterocycles. The van der Waals surface area contributed by atoms with Gasteiger partial charge in [-0.1, -0.05) is 39.0 Å². The molecular formula is C14H25NO3. The van der Waals surface area contributed by atoms with Crippen molar-refractivity contribution >= 4 is 11.8 Å². The summed E-state index contributed by atoms with van der Waals surface area (Å²) in [6.45, 7) is 2.12. The summed E-state index contributed by atoms with van der Waals surface area (Å²) >= 11 is 0. The van der Waals surface area contributed by atoms with Gasteiger partial charge < -0.3 is 10.8 Å². The van der Waals surface area contributed by atoms with E-state index in [0.29, 0.717) is 19.3 Å². The first-order valence-corrected chi connectivity index (χ1v) is 7.04. The molecule has 0 amide bonds. The SMILES string of the molecule is CCCCCCCC(C(=O)CN)C1(C(=O)O)CC1. The molecule has 0 aromatic heterocycles. The highest BCUT2D eigenvalue weighted by molar-refractivity contribution is 5.91. The van der Waals surface area contributed by atoms with Gasteiger partial charge in [-0.15, -0.1) is 0 Å². The van der Waals surface area contributed by atoms with Crippen LogP contribution in [-0.4, -0.2) is 23.4 Å². The molecule has 1 aliphatic carbocycles. The Hall–Kier alpha value is -0.900. The van der Waals surface area contributed by atoms with Gasteiger partial charge in [-0.25, -0.2) is 0 Å². The summed E-state index contributed by atoms with van der Waals surface area (Å²) in [6.07, 6.45) is 7.53. The molecule has 1 rings (SSSR count). The fraction of sp³-hybridized carbons (Fsp3) is 0.857. The van der Waals surface area contributed by atoms with E-state index >= 15 is 0 Å². The Morgan fingerprint density at radius 2 is 1.83 bits per heavy atom. The Bertz CT molecular complexity index is 297. The molecule has 0 radical (unpaired) electrons. The Kier molecular flexibility index (Phi) is 5.79. The van der Waals surface area contributed by atoms with E-state index in [1.165, 1.54) is 19.3 Å². The van der Waals surface area contributed by atoms with E-state index in [1.54, 1.807) is 0 Å². The summed E-state index contributed by atoms with van der Waals surface area (Å²) in [7, 11) is 0.